The smallest absolute Gasteiger partial charge is 0.171 e. The van der Waals surface area contributed by atoms with Gasteiger partial charge >= 0.3 is 0 Å². The predicted molar refractivity (Wildman–Crippen MR) is 60.3 cm³/mol. The standard InChI is InChI=1S/C12H12N4/c1-8-4-5-11(7-13)12(14-8)16-10(3)6-9(2)15-16/h4-6H,1-3H3. The van der Waals surface area contributed by atoms with Gasteiger partial charge in [0.05, 0.1) is 11.3 Å². The molecule has 0 radical (unpaired) electrons. The maximum atomic E-state index is 9.04. The highest BCUT2D eigenvalue weighted by Gasteiger charge is 2.10. The van der Waals surface area contributed by atoms with Crippen LogP contribution in [-0.4, -0.2) is 14.8 Å². The van der Waals surface area contributed by atoms with E-state index in [1.54, 1.807) is 10.7 Å². The van der Waals surface area contributed by atoms with Crippen LogP contribution >= 0.6 is 0 Å². The predicted octanol–water partition coefficient (Wildman–Crippen LogP) is 2.06. The minimum Gasteiger partial charge on any atom is -0.233 e. The van der Waals surface area contributed by atoms with Crippen molar-refractivity contribution in [2.45, 2.75) is 20.8 Å². The molecular weight excluding hydrogens is 200 g/mol. The molecule has 0 unspecified atom stereocenters. The van der Waals surface area contributed by atoms with Gasteiger partial charge < -0.3 is 0 Å². The molecule has 2 aromatic heterocycles. The van der Waals surface area contributed by atoms with Crippen molar-refractivity contribution in [2.75, 3.05) is 0 Å². The van der Waals surface area contributed by atoms with E-state index in [0.717, 1.165) is 17.1 Å². The highest BCUT2D eigenvalue weighted by Crippen LogP contribution is 2.14. The van der Waals surface area contributed by atoms with Crippen molar-refractivity contribution in [1.82, 2.24) is 14.8 Å². The lowest BCUT2D eigenvalue weighted by atomic mass is 10.2. The van der Waals surface area contributed by atoms with E-state index < -0.39 is 0 Å². The molecule has 4 heteroatoms. The van der Waals surface area contributed by atoms with Gasteiger partial charge in [-0.25, -0.2) is 9.67 Å². The molecule has 0 aliphatic carbocycles. The van der Waals surface area contributed by atoms with Crippen LogP contribution in [0.25, 0.3) is 5.82 Å². The fraction of sp³-hybridized carbons (Fsp3) is 0.250. The largest absolute Gasteiger partial charge is 0.233 e. The third-order valence-electron chi connectivity index (χ3n) is 2.35. The quantitative estimate of drug-likeness (QED) is 0.727. The highest BCUT2D eigenvalue weighted by atomic mass is 15.3. The normalized spacial score (nSPS) is 10.1. The Bertz CT molecular complexity index is 575. The van der Waals surface area contributed by atoms with E-state index in [1.807, 2.05) is 32.9 Å². The number of nitriles is 1. The van der Waals surface area contributed by atoms with Crippen molar-refractivity contribution < 1.29 is 0 Å². The summed E-state index contributed by atoms with van der Waals surface area (Å²) in [6.07, 6.45) is 0. The van der Waals surface area contributed by atoms with Crippen LogP contribution in [0.5, 0.6) is 0 Å². The van der Waals surface area contributed by atoms with Gasteiger partial charge in [0.1, 0.15) is 6.07 Å². The van der Waals surface area contributed by atoms with E-state index in [9.17, 15) is 0 Å². The summed E-state index contributed by atoms with van der Waals surface area (Å²) >= 11 is 0. The molecule has 0 fully saturated rings. The number of hydrogen-bond donors (Lipinski definition) is 0. The molecule has 16 heavy (non-hydrogen) atoms. The van der Waals surface area contributed by atoms with Crippen LogP contribution in [-0.2, 0) is 0 Å². The first-order valence-corrected chi connectivity index (χ1v) is 5.03. The average molecular weight is 212 g/mol. The lowest BCUT2D eigenvalue weighted by Crippen LogP contribution is -2.05. The van der Waals surface area contributed by atoms with Crippen molar-refractivity contribution in [1.29, 1.82) is 5.26 Å². The third-order valence-corrected chi connectivity index (χ3v) is 2.35. The molecule has 2 rings (SSSR count). The molecule has 0 aromatic carbocycles. The van der Waals surface area contributed by atoms with Crippen LogP contribution < -0.4 is 0 Å². The summed E-state index contributed by atoms with van der Waals surface area (Å²) in [6, 6.07) is 7.70. The zero-order valence-electron chi connectivity index (χ0n) is 9.52. The van der Waals surface area contributed by atoms with Crippen molar-refractivity contribution in [2.24, 2.45) is 0 Å². The zero-order valence-corrected chi connectivity index (χ0v) is 9.52. The number of nitrogens with zero attached hydrogens (tertiary/aromatic N) is 4. The third kappa shape index (κ3) is 1.68. The summed E-state index contributed by atoms with van der Waals surface area (Å²) in [5, 5.41) is 13.4. The van der Waals surface area contributed by atoms with Gasteiger partial charge in [-0.1, -0.05) is 0 Å². The molecule has 2 heterocycles. The van der Waals surface area contributed by atoms with Crippen LogP contribution in [0.3, 0.4) is 0 Å². The van der Waals surface area contributed by atoms with Gasteiger partial charge in [-0.3, -0.25) is 0 Å². The molecule has 0 spiro atoms. The van der Waals surface area contributed by atoms with E-state index in [1.165, 1.54) is 0 Å². The molecule has 0 amide bonds. The highest BCUT2D eigenvalue weighted by molar-refractivity contribution is 5.44. The van der Waals surface area contributed by atoms with E-state index in [4.69, 9.17) is 5.26 Å². The summed E-state index contributed by atoms with van der Waals surface area (Å²) in [7, 11) is 0. The molecule has 0 saturated heterocycles. The molecule has 4 nitrogen and oxygen atoms in total. The maximum Gasteiger partial charge on any atom is 0.171 e. The first-order chi connectivity index (χ1) is 7.61. The Labute approximate surface area is 94.2 Å². The second-order valence-electron chi connectivity index (χ2n) is 3.77. The minimum atomic E-state index is 0.539. The van der Waals surface area contributed by atoms with Gasteiger partial charge in [0.2, 0.25) is 0 Å². The van der Waals surface area contributed by atoms with Gasteiger partial charge in [-0.15, -0.1) is 0 Å². The molecule has 80 valence electrons. The van der Waals surface area contributed by atoms with E-state index in [0.29, 0.717) is 11.4 Å². The number of aryl methyl sites for hydroxylation is 3. The first kappa shape index (κ1) is 10.4. The Kier molecular flexibility index (Phi) is 2.45. The summed E-state index contributed by atoms with van der Waals surface area (Å²) < 4.78 is 1.71. The first-order valence-electron chi connectivity index (χ1n) is 5.03. The van der Waals surface area contributed by atoms with Gasteiger partial charge in [0, 0.05) is 11.4 Å². The van der Waals surface area contributed by atoms with Gasteiger partial charge in [-0.2, -0.15) is 10.4 Å². The lowest BCUT2D eigenvalue weighted by Gasteiger charge is -2.06. The van der Waals surface area contributed by atoms with Gasteiger partial charge in [0.15, 0.2) is 5.82 Å². The molecule has 0 N–H and O–H groups in total. The van der Waals surface area contributed by atoms with Crippen LogP contribution in [0.2, 0.25) is 0 Å². The number of hydrogen-bond acceptors (Lipinski definition) is 3. The fourth-order valence-corrected chi connectivity index (χ4v) is 1.64. The second-order valence-corrected chi connectivity index (χ2v) is 3.77. The van der Waals surface area contributed by atoms with Crippen molar-refractivity contribution in [3.8, 4) is 11.9 Å². The van der Waals surface area contributed by atoms with Crippen LogP contribution in [0.1, 0.15) is 22.6 Å². The van der Waals surface area contributed by atoms with E-state index in [-0.39, 0.29) is 0 Å². The summed E-state index contributed by atoms with van der Waals surface area (Å²) in [6.45, 7) is 5.77. The van der Waals surface area contributed by atoms with Gasteiger partial charge in [0.25, 0.3) is 0 Å². The number of pyridine rings is 1. The van der Waals surface area contributed by atoms with Crippen molar-refractivity contribution >= 4 is 0 Å². The molecule has 0 bridgehead atoms. The monoisotopic (exact) mass is 212 g/mol. The topological polar surface area (TPSA) is 54.5 Å². The van der Waals surface area contributed by atoms with E-state index >= 15 is 0 Å². The van der Waals surface area contributed by atoms with Gasteiger partial charge in [-0.05, 0) is 39.0 Å². The molecular formula is C12H12N4. The number of rotatable bonds is 1. The Balaban J connectivity index is 2.68. The fourth-order valence-electron chi connectivity index (χ4n) is 1.64. The summed E-state index contributed by atoms with van der Waals surface area (Å²) in [5.74, 6) is 0.605. The molecule has 2 aromatic rings. The summed E-state index contributed by atoms with van der Waals surface area (Å²) in [4.78, 5) is 4.37. The average Bonchev–Trinajstić information content (AvgIpc) is 2.57. The maximum absolute atomic E-state index is 9.04. The van der Waals surface area contributed by atoms with Crippen molar-refractivity contribution in [3.63, 3.8) is 0 Å². The summed E-state index contributed by atoms with van der Waals surface area (Å²) in [5.41, 5.74) is 3.31. The SMILES string of the molecule is Cc1ccc(C#N)c(-n2nc(C)cc2C)n1. The van der Waals surface area contributed by atoms with Crippen LogP contribution in [0.4, 0.5) is 0 Å². The molecule has 0 aliphatic heterocycles. The second kappa shape index (κ2) is 3.78. The van der Waals surface area contributed by atoms with Crippen LogP contribution in [0.15, 0.2) is 18.2 Å². The Morgan fingerprint density at radius 3 is 2.50 bits per heavy atom. The van der Waals surface area contributed by atoms with E-state index in [2.05, 4.69) is 16.2 Å². The van der Waals surface area contributed by atoms with Crippen molar-refractivity contribution in [3.05, 3.63) is 40.8 Å². The number of aromatic nitrogens is 3. The lowest BCUT2D eigenvalue weighted by molar-refractivity contribution is 0.798. The Morgan fingerprint density at radius 1 is 1.19 bits per heavy atom. The Morgan fingerprint density at radius 2 is 1.94 bits per heavy atom. The minimum absolute atomic E-state index is 0.539. The molecule has 0 aliphatic rings. The molecule has 0 atom stereocenters. The van der Waals surface area contributed by atoms with Crippen LogP contribution in [0, 0.1) is 32.1 Å². The Hall–Kier alpha value is -2.15. The molecule has 0 saturated carbocycles. The zero-order chi connectivity index (χ0) is 11.7.